The van der Waals surface area contributed by atoms with Crippen LogP contribution in [0.25, 0.3) is 0 Å². The fourth-order valence-electron chi connectivity index (χ4n) is 1.60. The highest BCUT2D eigenvalue weighted by Gasteiger charge is 2.06. The smallest absolute Gasteiger partial charge is 0.435 e. The highest BCUT2D eigenvalue weighted by Crippen LogP contribution is 2.03. The molecule has 2 rings (SSSR count). The Morgan fingerprint density at radius 3 is 2.52 bits per heavy atom. The Morgan fingerprint density at radius 1 is 1.14 bits per heavy atom. The van der Waals surface area contributed by atoms with Gasteiger partial charge < -0.3 is 16.2 Å². The number of ether oxygens (including phenoxy) is 1. The van der Waals surface area contributed by atoms with E-state index < -0.39 is 6.09 Å². The first kappa shape index (κ1) is 14.7. The molecule has 108 valence electrons. The van der Waals surface area contributed by atoms with Gasteiger partial charge in [-0.3, -0.25) is 4.98 Å². The number of rotatable bonds is 4. The topological polar surface area (TPSA) is 104 Å². The van der Waals surface area contributed by atoms with E-state index in [0.29, 0.717) is 12.2 Å². The number of nitrogens with zero attached hydrogens (tertiary/aromatic N) is 2. The van der Waals surface area contributed by atoms with E-state index in [9.17, 15) is 4.79 Å². The maximum atomic E-state index is 11.6. The van der Waals surface area contributed by atoms with Gasteiger partial charge in [0, 0.05) is 12.7 Å². The number of hydrogen-bond acceptors (Lipinski definition) is 4. The normalized spacial score (nSPS) is 11.2. The van der Waals surface area contributed by atoms with Gasteiger partial charge in [-0.25, -0.2) is 4.79 Å². The second kappa shape index (κ2) is 7.16. The summed E-state index contributed by atoms with van der Waals surface area (Å²) in [6.45, 7) is 0.541. The van der Waals surface area contributed by atoms with Crippen molar-refractivity contribution in [1.29, 1.82) is 0 Å². The van der Waals surface area contributed by atoms with Gasteiger partial charge in [0.2, 0.25) is 0 Å². The van der Waals surface area contributed by atoms with Crippen molar-refractivity contribution in [3.05, 3.63) is 65.5 Å². The second-order valence-electron chi connectivity index (χ2n) is 4.29. The molecule has 0 bridgehead atoms. The van der Waals surface area contributed by atoms with Crippen LogP contribution in [0.5, 0.6) is 0 Å². The van der Waals surface area contributed by atoms with E-state index in [-0.39, 0.29) is 12.4 Å². The zero-order valence-corrected chi connectivity index (χ0v) is 11.4. The van der Waals surface area contributed by atoms with Crippen LogP contribution in [-0.4, -0.2) is 16.9 Å². The van der Waals surface area contributed by atoms with Crippen LogP contribution in [0.4, 0.5) is 4.79 Å². The molecule has 21 heavy (non-hydrogen) atoms. The van der Waals surface area contributed by atoms with Crippen LogP contribution in [0.3, 0.4) is 0 Å². The standard InChI is InChI=1S/C15H16N4O2/c16-8-12-6-7-13(18-9-12)14(17)19-15(20)21-10-11-4-2-1-3-5-11/h1-7,9H,8,10,16H2,(H2,17,19,20). The van der Waals surface area contributed by atoms with Crippen molar-refractivity contribution in [2.24, 2.45) is 16.5 Å². The minimum Gasteiger partial charge on any atom is -0.443 e. The summed E-state index contributed by atoms with van der Waals surface area (Å²) in [5.41, 5.74) is 13.3. The van der Waals surface area contributed by atoms with E-state index in [1.54, 1.807) is 18.3 Å². The first-order valence-corrected chi connectivity index (χ1v) is 6.39. The Labute approximate surface area is 122 Å². The summed E-state index contributed by atoms with van der Waals surface area (Å²) >= 11 is 0. The van der Waals surface area contributed by atoms with E-state index in [1.165, 1.54) is 0 Å². The number of aliphatic imine (C=N–C) groups is 1. The molecule has 0 atom stereocenters. The minimum absolute atomic E-state index is 0.0108. The second-order valence-corrected chi connectivity index (χ2v) is 4.29. The van der Waals surface area contributed by atoms with Gasteiger partial charge in [0.25, 0.3) is 0 Å². The third kappa shape index (κ3) is 4.39. The molecule has 0 fully saturated rings. The molecule has 1 heterocycles. The van der Waals surface area contributed by atoms with Crippen LogP contribution in [0.1, 0.15) is 16.8 Å². The summed E-state index contributed by atoms with van der Waals surface area (Å²) in [6.07, 6.45) is 0.841. The quantitative estimate of drug-likeness (QED) is 0.655. The average molecular weight is 284 g/mol. The monoisotopic (exact) mass is 284 g/mol. The van der Waals surface area contributed by atoms with E-state index in [1.807, 2.05) is 30.3 Å². The van der Waals surface area contributed by atoms with Crippen LogP contribution in [0, 0.1) is 0 Å². The van der Waals surface area contributed by atoms with Crippen molar-refractivity contribution in [1.82, 2.24) is 4.98 Å². The number of hydrogen-bond donors (Lipinski definition) is 2. The van der Waals surface area contributed by atoms with Gasteiger partial charge in [0.1, 0.15) is 12.3 Å². The van der Waals surface area contributed by atoms with Gasteiger partial charge in [-0.15, -0.1) is 0 Å². The van der Waals surface area contributed by atoms with Gasteiger partial charge in [-0.2, -0.15) is 4.99 Å². The third-order valence-electron chi connectivity index (χ3n) is 2.74. The molecule has 0 unspecified atom stereocenters. The number of nitrogens with two attached hydrogens (primary N) is 2. The first-order chi connectivity index (χ1) is 10.2. The molecule has 0 saturated carbocycles. The molecular weight excluding hydrogens is 268 g/mol. The molecule has 1 amide bonds. The van der Waals surface area contributed by atoms with E-state index in [0.717, 1.165) is 11.1 Å². The maximum Gasteiger partial charge on any atom is 0.435 e. The number of carbonyl (C=O) groups is 1. The molecule has 2 aromatic rings. The van der Waals surface area contributed by atoms with Crippen LogP contribution < -0.4 is 11.5 Å². The number of pyridine rings is 1. The molecule has 0 saturated heterocycles. The number of amidine groups is 1. The fraction of sp³-hybridized carbons (Fsp3) is 0.133. The third-order valence-corrected chi connectivity index (χ3v) is 2.74. The molecule has 6 heteroatoms. The van der Waals surface area contributed by atoms with Gasteiger partial charge in [0.05, 0.1) is 0 Å². The van der Waals surface area contributed by atoms with Gasteiger partial charge in [-0.1, -0.05) is 36.4 Å². The van der Waals surface area contributed by atoms with Gasteiger partial charge in [-0.05, 0) is 17.2 Å². The number of aromatic nitrogens is 1. The lowest BCUT2D eigenvalue weighted by atomic mass is 10.2. The molecule has 6 nitrogen and oxygen atoms in total. The Morgan fingerprint density at radius 2 is 1.90 bits per heavy atom. The highest BCUT2D eigenvalue weighted by atomic mass is 16.5. The number of benzene rings is 1. The van der Waals surface area contributed by atoms with Crippen LogP contribution in [0.15, 0.2) is 53.7 Å². The molecule has 0 spiro atoms. The molecule has 0 aliphatic rings. The van der Waals surface area contributed by atoms with E-state index >= 15 is 0 Å². The molecule has 1 aromatic carbocycles. The van der Waals surface area contributed by atoms with Crippen molar-refractivity contribution >= 4 is 11.9 Å². The summed E-state index contributed by atoms with van der Waals surface area (Å²) in [4.78, 5) is 19.3. The lowest BCUT2D eigenvalue weighted by Crippen LogP contribution is -2.18. The molecule has 1 aromatic heterocycles. The van der Waals surface area contributed by atoms with Gasteiger partial charge >= 0.3 is 6.09 Å². The first-order valence-electron chi connectivity index (χ1n) is 6.39. The number of carbonyl (C=O) groups excluding carboxylic acids is 1. The lowest BCUT2D eigenvalue weighted by Gasteiger charge is -2.03. The van der Waals surface area contributed by atoms with Crippen LogP contribution >= 0.6 is 0 Å². The van der Waals surface area contributed by atoms with E-state index in [2.05, 4.69) is 9.98 Å². The summed E-state index contributed by atoms with van der Waals surface area (Å²) in [5, 5.41) is 0. The average Bonchev–Trinajstić information content (AvgIpc) is 2.54. The van der Waals surface area contributed by atoms with Crippen molar-refractivity contribution in [2.45, 2.75) is 13.2 Å². The molecule has 0 aliphatic carbocycles. The van der Waals surface area contributed by atoms with Crippen molar-refractivity contribution in [3.63, 3.8) is 0 Å². The SMILES string of the molecule is NCc1ccc(C(N)=NC(=O)OCc2ccccc2)nc1. The highest BCUT2D eigenvalue weighted by molar-refractivity contribution is 6.01. The zero-order valence-electron chi connectivity index (χ0n) is 11.4. The lowest BCUT2D eigenvalue weighted by molar-refractivity contribution is 0.151. The largest absolute Gasteiger partial charge is 0.443 e. The number of amides is 1. The van der Waals surface area contributed by atoms with E-state index in [4.69, 9.17) is 16.2 Å². The van der Waals surface area contributed by atoms with Crippen molar-refractivity contribution in [3.8, 4) is 0 Å². The zero-order chi connectivity index (χ0) is 15.1. The van der Waals surface area contributed by atoms with Crippen molar-refractivity contribution in [2.75, 3.05) is 0 Å². The van der Waals surface area contributed by atoms with Crippen LogP contribution in [-0.2, 0) is 17.9 Å². The summed E-state index contributed by atoms with van der Waals surface area (Å²) < 4.78 is 5.01. The summed E-state index contributed by atoms with van der Waals surface area (Å²) in [5.74, 6) is 0.0108. The Kier molecular flexibility index (Phi) is 5.00. The Hall–Kier alpha value is -2.73. The fourth-order valence-corrected chi connectivity index (χ4v) is 1.60. The summed E-state index contributed by atoms with van der Waals surface area (Å²) in [7, 11) is 0. The molecule has 0 aliphatic heterocycles. The Balaban J connectivity index is 1.95. The molecule has 0 radical (unpaired) electrons. The summed E-state index contributed by atoms with van der Waals surface area (Å²) in [6, 6.07) is 12.8. The molecule has 4 N–H and O–H groups in total. The predicted octanol–water partition coefficient (Wildman–Crippen LogP) is 1.58. The van der Waals surface area contributed by atoms with Gasteiger partial charge in [0.15, 0.2) is 5.84 Å². The minimum atomic E-state index is -0.749. The predicted molar refractivity (Wildman–Crippen MR) is 79.5 cm³/mol. The Bertz CT molecular complexity index is 624. The van der Waals surface area contributed by atoms with Crippen molar-refractivity contribution < 1.29 is 9.53 Å². The maximum absolute atomic E-state index is 11.6. The van der Waals surface area contributed by atoms with Crippen LogP contribution in [0.2, 0.25) is 0 Å². The molecular formula is C15H16N4O2.